The summed E-state index contributed by atoms with van der Waals surface area (Å²) in [5, 5.41) is 17.0. The lowest BCUT2D eigenvalue weighted by Gasteiger charge is -2.06. The van der Waals surface area contributed by atoms with Crippen molar-refractivity contribution in [1.82, 2.24) is 19.8 Å². The number of hydrogen-bond donors (Lipinski definition) is 1. The highest BCUT2D eigenvalue weighted by Crippen LogP contribution is 2.25. The molecule has 0 spiro atoms. The number of anilines is 1. The molecule has 0 saturated heterocycles. The van der Waals surface area contributed by atoms with Crippen LogP contribution in [0.15, 0.2) is 96.2 Å². The van der Waals surface area contributed by atoms with E-state index in [0.29, 0.717) is 21.5 Å². The van der Waals surface area contributed by atoms with Gasteiger partial charge in [-0.25, -0.2) is 0 Å². The Balaban J connectivity index is 1.32. The highest BCUT2D eigenvalue weighted by Gasteiger charge is 2.12. The van der Waals surface area contributed by atoms with Gasteiger partial charge in [0.25, 0.3) is 0 Å². The molecule has 2 heterocycles. The van der Waals surface area contributed by atoms with Gasteiger partial charge in [-0.3, -0.25) is 4.79 Å². The fraction of sp³-hybridized carbons (Fsp3) is 0.0400. The number of hydrogen-bond acceptors (Lipinski definition) is 5. The van der Waals surface area contributed by atoms with Crippen molar-refractivity contribution < 1.29 is 4.79 Å². The topological polar surface area (TPSA) is 72.2 Å². The van der Waals surface area contributed by atoms with Gasteiger partial charge in [0.05, 0.1) is 11.4 Å². The molecule has 0 atom stereocenters. The molecule has 6 nitrogen and oxygen atoms in total. The number of carbonyl (C=O) groups is 1. The van der Waals surface area contributed by atoms with E-state index in [2.05, 4.69) is 39.8 Å². The number of rotatable bonds is 6. The van der Waals surface area contributed by atoms with Crippen LogP contribution in [0.1, 0.15) is 0 Å². The van der Waals surface area contributed by atoms with E-state index >= 15 is 0 Å². The number of halogens is 1. The van der Waals surface area contributed by atoms with Crippen LogP contribution < -0.4 is 5.32 Å². The van der Waals surface area contributed by atoms with Crippen molar-refractivity contribution in [3.8, 4) is 22.4 Å². The van der Waals surface area contributed by atoms with Gasteiger partial charge < -0.3 is 5.32 Å². The zero-order valence-electron chi connectivity index (χ0n) is 17.4. The summed E-state index contributed by atoms with van der Waals surface area (Å²) in [6, 6.07) is 29.3. The SMILES string of the molecule is O=C(CSc1nnc2ccc(-c3ccc(-c4ccccc4)cc3)nn12)Nc1cccc(Cl)c1. The highest BCUT2D eigenvalue weighted by molar-refractivity contribution is 7.99. The van der Waals surface area contributed by atoms with Gasteiger partial charge in [-0.05, 0) is 41.5 Å². The molecule has 1 amide bonds. The van der Waals surface area contributed by atoms with Gasteiger partial charge in [-0.15, -0.1) is 10.2 Å². The number of amides is 1. The lowest BCUT2D eigenvalue weighted by atomic mass is 10.0. The summed E-state index contributed by atoms with van der Waals surface area (Å²) in [6.07, 6.45) is 0. The van der Waals surface area contributed by atoms with E-state index in [1.54, 1.807) is 28.8 Å². The summed E-state index contributed by atoms with van der Waals surface area (Å²) in [4.78, 5) is 12.3. The summed E-state index contributed by atoms with van der Waals surface area (Å²) in [6.45, 7) is 0. The zero-order chi connectivity index (χ0) is 22.6. The minimum Gasteiger partial charge on any atom is -0.325 e. The Kier molecular flexibility index (Phi) is 6.06. The van der Waals surface area contributed by atoms with E-state index < -0.39 is 0 Å². The number of thioether (sulfide) groups is 1. The molecule has 0 radical (unpaired) electrons. The van der Waals surface area contributed by atoms with Crippen LogP contribution in [0.4, 0.5) is 5.69 Å². The van der Waals surface area contributed by atoms with Gasteiger partial charge in [0.2, 0.25) is 11.1 Å². The maximum atomic E-state index is 12.3. The predicted octanol–water partition coefficient (Wildman–Crippen LogP) is 5.84. The van der Waals surface area contributed by atoms with Crippen molar-refractivity contribution in [3.05, 3.63) is 96.0 Å². The summed E-state index contributed by atoms with van der Waals surface area (Å²) in [5.74, 6) is 0.0111. The molecule has 5 aromatic rings. The molecule has 0 fully saturated rings. The van der Waals surface area contributed by atoms with Crippen LogP contribution in [0.5, 0.6) is 0 Å². The Labute approximate surface area is 199 Å². The fourth-order valence-electron chi connectivity index (χ4n) is 3.37. The molecule has 0 bridgehead atoms. The van der Waals surface area contributed by atoms with E-state index in [0.717, 1.165) is 16.8 Å². The van der Waals surface area contributed by atoms with Gasteiger partial charge in [0, 0.05) is 16.3 Å². The largest absolute Gasteiger partial charge is 0.325 e. The van der Waals surface area contributed by atoms with Crippen molar-refractivity contribution in [2.45, 2.75) is 5.16 Å². The van der Waals surface area contributed by atoms with Gasteiger partial charge in [-0.1, -0.05) is 84.0 Å². The maximum absolute atomic E-state index is 12.3. The number of benzene rings is 3. The molecule has 0 unspecified atom stereocenters. The van der Waals surface area contributed by atoms with E-state index in [-0.39, 0.29) is 11.7 Å². The van der Waals surface area contributed by atoms with Crippen LogP contribution in [0.2, 0.25) is 5.02 Å². The molecular weight excluding hydrogens is 454 g/mol. The predicted molar refractivity (Wildman–Crippen MR) is 132 cm³/mol. The summed E-state index contributed by atoms with van der Waals surface area (Å²) in [7, 11) is 0. The Bertz CT molecular complexity index is 1420. The average molecular weight is 472 g/mol. The summed E-state index contributed by atoms with van der Waals surface area (Å²) >= 11 is 7.24. The smallest absolute Gasteiger partial charge is 0.234 e. The molecule has 0 aliphatic carbocycles. The van der Waals surface area contributed by atoms with Crippen molar-refractivity contribution in [3.63, 3.8) is 0 Å². The molecule has 5 rings (SSSR count). The molecule has 0 aliphatic heterocycles. The zero-order valence-corrected chi connectivity index (χ0v) is 18.9. The van der Waals surface area contributed by atoms with Crippen LogP contribution in [0.25, 0.3) is 28.0 Å². The number of nitrogens with one attached hydrogen (secondary N) is 1. The average Bonchev–Trinajstić information content (AvgIpc) is 3.26. The molecule has 162 valence electrons. The lowest BCUT2D eigenvalue weighted by Crippen LogP contribution is -2.14. The second-order valence-corrected chi connectivity index (χ2v) is 8.64. The molecule has 0 aliphatic rings. The first kappa shape index (κ1) is 21.2. The molecule has 1 N–H and O–H groups in total. The van der Waals surface area contributed by atoms with Crippen LogP contribution in [0.3, 0.4) is 0 Å². The van der Waals surface area contributed by atoms with Crippen molar-refractivity contribution in [2.24, 2.45) is 0 Å². The second-order valence-electron chi connectivity index (χ2n) is 7.26. The van der Waals surface area contributed by atoms with Gasteiger partial charge in [0.1, 0.15) is 0 Å². The van der Waals surface area contributed by atoms with Crippen molar-refractivity contribution >= 4 is 40.6 Å². The number of aromatic nitrogens is 4. The molecule has 3 aromatic carbocycles. The molecule has 2 aromatic heterocycles. The minimum atomic E-state index is -0.160. The van der Waals surface area contributed by atoms with Crippen LogP contribution >= 0.6 is 23.4 Å². The quantitative estimate of drug-likeness (QED) is 0.315. The third kappa shape index (κ3) is 4.89. The summed E-state index contributed by atoms with van der Waals surface area (Å²) in [5.41, 5.74) is 5.37. The minimum absolute atomic E-state index is 0.160. The van der Waals surface area contributed by atoms with Crippen LogP contribution in [0, 0.1) is 0 Å². The second kappa shape index (κ2) is 9.44. The van der Waals surface area contributed by atoms with Gasteiger partial charge in [0.15, 0.2) is 5.65 Å². The van der Waals surface area contributed by atoms with E-state index in [4.69, 9.17) is 16.7 Å². The van der Waals surface area contributed by atoms with Gasteiger partial charge >= 0.3 is 0 Å². The first-order valence-corrected chi connectivity index (χ1v) is 11.6. The molecule has 33 heavy (non-hydrogen) atoms. The van der Waals surface area contributed by atoms with Crippen molar-refractivity contribution in [2.75, 3.05) is 11.1 Å². The molecule has 0 saturated carbocycles. The Morgan fingerprint density at radius 3 is 2.39 bits per heavy atom. The van der Waals surface area contributed by atoms with Crippen LogP contribution in [-0.2, 0) is 4.79 Å². The number of carbonyl (C=O) groups excluding carboxylic acids is 1. The molecular formula is C25H18ClN5OS. The lowest BCUT2D eigenvalue weighted by molar-refractivity contribution is -0.113. The molecule has 8 heteroatoms. The Hall–Kier alpha value is -3.68. The monoisotopic (exact) mass is 471 g/mol. The van der Waals surface area contributed by atoms with E-state index in [1.807, 2.05) is 42.5 Å². The fourth-order valence-corrected chi connectivity index (χ4v) is 4.25. The first-order valence-electron chi connectivity index (χ1n) is 10.2. The van der Waals surface area contributed by atoms with Crippen LogP contribution in [-0.4, -0.2) is 31.5 Å². The third-order valence-corrected chi connectivity index (χ3v) is 6.12. The Morgan fingerprint density at radius 2 is 1.61 bits per heavy atom. The van der Waals surface area contributed by atoms with E-state index in [9.17, 15) is 4.79 Å². The highest BCUT2D eigenvalue weighted by atomic mass is 35.5. The number of fused-ring (bicyclic) bond motifs is 1. The standard InChI is InChI=1S/C25H18ClN5OS/c26-20-7-4-8-21(15-20)27-24(32)16-33-25-29-28-23-14-13-22(30-31(23)25)19-11-9-18(10-12-19)17-5-2-1-3-6-17/h1-15H,16H2,(H,27,32). The maximum Gasteiger partial charge on any atom is 0.234 e. The first-order chi connectivity index (χ1) is 16.2. The summed E-state index contributed by atoms with van der Waals surface area (Å²) < 4.78 is 1.66. The van der Waals surface area contributed by atoms with Gasteiger partial charge in [-0.2, -0.15) is 9.61 Å². The Morgan fingerprint density at radius 1 is 0.848 bits per heavy atom. The van der Waals surface area contributed by atoms with E-state index in [1.165, 1.54) is 17.3 Å². The number of nitrogens with zero attached hydrogens (tertiary/aromatic N) is 4. The normalized spacial score (nSPS) is 10.9. The third-order valence-electron chi connectivity index (χ3n) is 4.96. The van der Waals surface area contributed by atoms with Crippen molar-refractivity contribution in [1.29, 1.82) is 0 Å².